The number of hydrogen-bond donors (Lipinski definition) is 1. The molecular weight excluding hydrogens is 212 g/mol. The van der Waals surface area contributed by atoms with Gasteiger partial charge in [-0.2, -0.15) is 0 Å². The van der Waals surface area contributed by atoms with Crippen molar-refractivity contribution in [1.29, 1.82) is 0 Å². The van der Waals surface area contributed by atoms with E-state index in [2.05, 4.69) is 10.3 Å². The van der Waals surface area contributed by atoms with E-state index in [1.54, 1.807) is 0 Å². The van der Waals surface area contributed by atoms with E-state index in [9.17, 15) is 0 Å². The fourth-order valence-electron chi connectivity index (χ4n) is 1.58. The van der Waals surface area contributed by atoms with Gasteiger partial charge in [0.25, 0.3) is 0 Å². The van der Waals surface area contributed by atoms with Crippen molar-refractivity contribution in [3.8, 4) is 11.6 Å². The van der Waals surface area contributed by atoms with Gasteiger partial charge in [0.05, 0.1) is 0 Å². The first-order chi connectivity index (χ1) is 8.28. The molecule has 0 aliphatic carbocycles. The Morgan fingerprint density at radius 3 is 2.76 bits per heavy atom. The standard InChI is InChI=1S/C14H16N2O/c1-11-4-3-5-13(8-11)17-14-7-6-12(9-15-2)10-16-14/h3-8,10,15H,9H2,1-2H3. The molecule has 1 aromatic carbocycles. The summed E-state index contributed by atoms with van der Waals surface area (Å²) in [6.07, 6.45) is 1.82. The predicted molar refractivity (Wildman–Crippen MR) is 68.3 cm³/mol. The maximum absolute atomic E-state index is 5.66. The second-order valence-corrected chi connectivity index (χ2v) is 3.95. The van der Waals surface area contributed by atoms with E-state index in [0.29, 0.717) is 5.88 Å². The molecule has 17 heavy (non-hydrogen) atoms. The van der Waals surface area contributed by atoms with Gasteiger partial charge in [-0.25, -0.2) is 4.98 Å². The fraction of sp³-hybridized carbons (Fsp3) is 0.214. The average molecular weight is 228 g/mol. The van der Waals surface area contributed by atoms with Gasteiger partial charge in [-0.05, 0) is 37.2 Å². The quantitative estimate of drug-likeness (QED) is 0.873. The number of pyridine rings is 1. The minimum Gasteiger partial charge on any atom is -0.439 e. The number of rotatable bonds is 4. The third-order valence-electron chi connectivity index (χ3n) is 2.39. The maximum Gasteiger partial charge on any atom is 0.219 e. The highest BCUT2D eigenvalue weighted by atomic mass is 16.5. The number of hydrogen-bond acceptors (Lipinski definition) is 3. The van der Waals surface area contributed by atoms with E-state index >= 15 is 0 Å². The SMILES string of the molecule is CNCc1ccc(Oc2cccc(C)c2)nc1. The Bertz CT molecular complexity index is 480. The maximum atomic E-state index is 5.66. The van der Waals surface area contributed by atoms with Crippen molar-refractivity contribution in [1.82, 2.24) is 10.3 Å². The van der Waals surface area contributed by atoms with E-state index in [4.69, 9.17) is 4.74 Å². The zero-order valence-electron chi connectivity index (χ0n) is 10.1. The van der Waals surface area contributed by atoms with Crippen LogP contribution >= 0.6 is 0 Å². The highest BCUT2D eigenvalue weighted by Crippen LogP contribution is 2.20. The number of aromatic nitrogens is 1. The van der Waals surface area contributed by atoms with Crippen LogP contribution < -0.4 is 10.1 Å². The summed E-state index contributed by atoms with van der Waals surface area (Å²) in [5.41, 5.74) is 2.32. The van der Waals surface area contributed by atoms with Crippen LogP contribution in [0.15, 0.2) is 42.6 Å². The lowest BCUT2D eigenvalue weighted by atomic mass is 10.2. The van der Waals surface area contributed by atoms with Crippen LogP contribution in [-0.2, 0) is 6.54 Å². The Morgan fingerprint density at radius 1 is 1.24 bits per heavy atom. The van der Waals surface area contributed by atoms with E-state index in [-0.39, 0.29) is 0 Å². The lowest BCUT2D eigenvalue weighted by Gasteiger charge is -2.06. The van der Waals surface area contributed by atoms with Gasteiger partial charge in [-0.15, -0.1) is 0 Å². The molecule has 0 saturated carbocycles. The summed E-state index contributed by atoms with van der Waals surface area (Å²) >= 11 is 0. The van der Waals surface area contributed by atoms with Crippen LogP contribution in [0.3, 0.4) is 0 Å². The van der Waals surface area contributed by atoms with E-state index in [0.717, 1.165) is 17.9 Å². The molecule has 0 radical (unpaired) electrons. The van der Waals surface area contributed by atoms with Crippen molar-refractivity contribution in [2.75, 3.05) is 7.05 Å². The normalized spacial score (nSPS) is 10.2. The lowest BCUT2D eigenvalue weighted by molar-refractivity contribution is 0.462. The molecule has 0 unspecified atom stereocenters. The first-order valence-electron chi connectivity index (χ1n) is 5.62. The van der Waals surface area contributed by atoms with Gasteiger partial charge in [-0.1, -0.05) is 18.2 Å². The van der Waals surface area contributed by atoms with Crippen molar-refractivity contribution in [3.05, 3.63) is 53.7 Å². The van der Waals surface area contributed by atoms with Gasteiger partial charge < -0.3 is 10.1 Å². The number of nitrogens with zero attached hydrogens (tertiary/aromatic N) is 1. The molecule has 0 spiro atoms. The molecule has 0 aliphatic rings. The largest absolute Gasteiger partial charge is 0.439 e. The predicted octanol–water partition coefficient (Wildman–Crippen LogP) is 2.90. The summed E-state index contributed by atoms with van der Waals surface area (Å²) in [7, 11) is 1.91. The number of ether oxygens (including phenoxy) is 1. The van der Waals surface area contributed by atoms with Crippen LogP contribution in [0.25, 0.3) is 0 Å². The Labute approximate surface area is 101 Å². The van der Waals surface area contributed by atoms with Crippen LogP contribution in [0.5, 0.6) is 11.6 Å². The first kappa shape index (κ1) is 11.6. The third kappa shape index (κ3) is 3.29. The molecule has 2 rings (SSSR count). The highest BCUT2D eigenvalue weighted by Gasteiger charge is 1.99. The smallest absolute Gasteiger partial charge is 0.219 e. The fourth-order valence-corrected chi connectivity index (χ4v) is 1.58. The van der Waals surface area contributed by atoms with Gasteiger partial charge >= 0.3 is 0 Å². The van der Waals surface area contributed by atoms with Crippen molar-refractivity contribution < 1.29 is 4.74 Å². The molecule has 1 N–H and O–H groups in total. The zero-order chi connectivity index (χ0) is 12.1. The molecule has 0 fully saturated rings. The number of nitrogens with one attached hydrogen (secondary N) is 1. The third-order valence-corrected chi connectivity index (χ3v) is 2.39. The van der Waals surface area contributed by atoms with Crippen LogP contribution in [0.1, 0.15) is 11.1 Å². The van der Waals surface area contributed by atoms with Crippen molar-refractivity contribution in [2.24, 2.45) is 0 Å². The summed E-state index contributed by atoms with van der Waals surface area (Å²) < 4.78 is 5.66. The van der Waals surface area contributed by atoms with Gasteiger partial charge in [0.1, 0.15) is 5.75 Å². The van der Waals surface area contributed by atoms with Crippen LogP contribution in [0.4, 0.5) is 0 Å². The Balaban J connectivity index is 2.08. The first-order valence-corrected chi connectivity index (χ1v) is 5.62. The summed E-state index contributed by atoms with van der Waals surface area (Å²) in [5, 5.41) is 3.08. The Morgan fingerprint density at radius 2 is 2.12 bits per heavy atom. The molecule has 2 aromatic rings. The minimum atomic E-state index is 0.621. The number of benzene rings is 1. The van der Waals surface area contributed by atoms with Crippen LogP contribution in [-0.4, -0.2) is 12.0 Å². The summed E-state index contributed by atoms with van der Waals surface area (Å²) in [6.45, 7) is 2.86. The second-order valence-electron chi connectivity index (χ2n) is 3.95. The van der Waals surface area contributed by atoms with Crippen molar-refractivity contribution in [2.45, 2.75) is 13.5 Å². The molecule has 0 atom stereocenters. The van der Waals surface area contributed by atoms with Crippen LogP contribution in [0, 0.1) is 6.92 Å². The van der Waals surface area contributed by atoms with Gasteiger partial charge in [0, 0.05) is 18.8 Å². The Kier molecular flexibility index (Phi) is 3.73. The highest BCUT2D eigenvalue weighted by molar-refractivity contribution is 5.31. The number of aryl methyl sites for hydroxylation is 1. The average Bonchev–Trinajstić information content (AvgIpc) is 2.32. The van der Waals surface area contributed by atoms with E-state index < -0.39 is 0 Å². The molecule has 1 heterocycles. The zero-order valence-corrected chi connectivity index (χ0v) is 10.1. The van der Waals surface area contributed by atoms with Gasteiger partial charge in [-0.3, -0.25) is 0 Å². The molecule has 0 amide bonds. The molecule has 88 valence electrons. The van der Waals surface area contributed by atoms with Gasteiger partial charge in [0.15, 0.2) is 0 Å². The monoisotopic (exact) mass is 228 g/mol. The summed E-state index contributed by atoms with van der Waals surface area (Å²) in [5.74, 6) is 1.44. The minimum absolute atomic E-state index is 0.621. The molecule has 0 saturated heterocycles. The topological polar surface area (TPSA) is 34.1 Å². The Hall–Kier alpha value is -1.87. The summed E-state index contributed by atoms with van der Waals surface area (Å²) in [4.78, 5) is 4.26. The van der Waals surface area contributed by atoms with Gasteiger partial charge in [0.2, 0.25) is 5.88 Å². The molecule has 0 bridgehead atoms. The molecule has 0 aliphatic heterocycles. The van der Waals surface area contributed by atoms with Crippen LogP contribution in [0.2, 0.25) is 0 Å². The van der Waals surface area contributed by atoms with E-state index in [1.165, 1.54) is 5.56 Å². The molecule has 3 heteroatoms. The van der Waals surface area contributed by atoms with Crippen molar-refractivity contribution >= 4 is 0 Å². The van der Waals surface area contributed by atoms with Crippen molar-refractivity contribution in [3.63, 3.8) is 0 Å². The molecule has 1 aromatic heterocycles. The second kappa shape index (κ2) is 5.46. The molecule has 3 nitrogen and oxygen atoms in total. The van der Waals surface area contributed by atoms with E-state index in [1.807, 2.05) is 56.6 Å². The summed E-state index contributed by atoms with van der Waals surface area (Å²) in [6, 6.07) is 11.8. The lowest BCUT2D eigenvalue weighted by Crippen LogP contribution is -2.05. The molecular formula is C14H16N2O.